The first kappa shape index (κ1) is 23.8. The summed E-state index contributed by atoms with van der Waals surface area (Å²) in [6.45, 7) is 0.523. The van der Waals surface area contributed by atoms with Gasteiger partial charge in [0.25, 0.3) is 5.91 Å². The van der Waals surface area contributed by atoms with Crippen molar-refractivity contribution < 1.29 is 23.8 Å². The smallest absolute Gasteiger partial charge is 0.337 e. The van der Waals surface area contributed by atoms with Gasteiger partial charge in [0.2, 0.25) is 0 Å². The van der Waals surface area contributed by atoms with Gasteiger partial charge in [0, 0.05) is 24.9 Å². The van der Waals surface area contributed by atoms with Gasteiger partial charge in [0.15, 0.2) is 11.5 Å². The first-order valence-corrected chi connectivity index (χ1v) is 10.6. The first-order chi connectivity index (χ1) is 16.0. The summed E-state index contributed by atoms with van der Waals surface area (Å²) in [6, 6.07) is 12.5. The minimum absolute atomic E-state index is 0.239. The second-order valence-corrected chi connectivity index (χ2v) is 7.64. The molecule has 0 bridgehead atoms. The van der Waals surface area contributed by atoms with E-state index in [0.717, 1.165) is 24.0 Å². The molecule has 174 valence electrons. The second kappa shape index (κ2) is 11.2. The fraction of sp³-hybridized carbons (Fsp3) is 0.320. The van der Waals surface area contributed by atoms with E-state index < -0.39 is 0 Å². The zero-order valence-corrected chi connectivity index (χ0v) is 19.1. The van der Waals surface area contributed by atoms with Gasteiger partial charge in [-0.15, -0.1) is 0 Å². The molecule has 0 aliphatic heterocycles. The molecule has 2 aromatic rings. The highest BCUT2D eigenvalue weighted by molar-refractivity contribution is 6.43. The Bertz CT molecular complexity index is 1060. The third kappa shape index (κ3) is 6.35. The van der Waals surface area contributed by atoms with Gasteiger partial charge >= 0.3 is 5.97 Å². The van der Waals surface area contributed by atoms with Crippen molar-refractivity contribution in [3.8, 4) is 11.5 Å². The maximum Gasteiger partial charge on any atom is 0.337 e. The second-order valence-electron chi connectivity index (χ2n) is 7.64. The molecule has 0 radical (unpaired) electrons. The fourth-order valence-corrected chi connectivity index (χ4v) is 3.25. The lowest BCUT2D eigenvalue weighted by molar-refractivity contribution is -0.114. The molecule has 0 spiro atoms. The summed E-state index contributed by atoms with van der Waals surface area (Å²) >= 11 is 0. The van der Waals surface area contributed by atoms with Gasteiger partial charge in [-0.25, -0.2) is 4.79 Å². The summed E-state index contributed by atoms with van der Waals surface area (Å²) in [5, 5.41) is 2.86. The number of hydrogen-bond acceptors (Lipinski definition) is 7. The van der Waals surface area contributed by atoms with E-state index in [-0.39, 0.29) is 25.0 Å². The number of nitrogens with one attached hydrogen (secondary N) is 1. The number of rotatable bonds is 10. The van der Waals surface area contributed by atoms with Gasteiger partial charge < -0.3 is 25.3 Å². The maximum absolute atomic E-state index is 12.6. The molecule has 1 aliphatic carbocycles. The number of ether oxygens (including phenoxy) is 3. The molecule has 0 heterocycles. The van der Waals surface area contributed by atoms with Crippen LogP contribution in [0.2, 0.25) is 0 Å². The lowest BCUT2D eigenvalue weighted by Gasteiger charge is -2.15. The van der Waals surface area contributed by atoms with Crippen LogP contribution in [-0.2, 0) is 22.7 Å². The monoisotopic (exact) mass is 451 g/mol. The molecule has 1 fully saturated rings. The number of amides is 1. The van der Waals surface area contributed by atoms with Gasteiger partial charge in [-0.1, -0.05) is 24.3 Å². The molecule has 0 aromatic heterocycles. The SMILES string of the molecule is CN=C(C=C(N)C1CC1)C(=O)NCc1cccc(OCc2ccc(C(=O)OC)cc2)c1OC. The van der Waals surface area contributed by atoms with Crippen LogP contribution in [0.15, 0.2) is 59.2 Å². The van der Waals surface area contributed by atoms with Gasteiger partial charge in [-0.3, -0.25) is 9.79 Å². The van der Waals surface area contributed by atoms with Crippen molar-refractivity contribution in [3.05, 3.63) is 70.9 Å². The van der Waals surface area contributed by atoms with Crippen LogP contribution in [0.1, 0.15) is 34.3 Å². The van der Waals surface area contributed by atoms with Crippen molar-refractivity contribution in [2.75, 3.05) is 21.3 Å². The third-order valence-electron chi connectivity index (χ3n) is 5.30. The number of benzene rings is 2. The normalized spacial score (nSPS) is 13.9. The Labute approximate surface area is 193 Å². The minimum Gasteiger partial charge on any atom is -0.493 e. The van der Waals surface area contributed by atoms with Crippen molar-refractivity contribution in [2.45, 2.75) is 26.0 Å². The maximum atomic E-state index is 12.6. The molecule has 33 heavy (non-hydrogen) atoms. The Morgan fingerprint density at radius 2 is 1.88 bits per heavy atom. The van der Waals surface area contributed by atoms with Crippen LogP contribution in [0.3, 0.4) is 0 Å². The lowest BCUT2D eigenvalue weighted by atomic mass is 10.1. The molecule has 0 saturated heterocycles. The number of carbonyl (C=O) groups excluding carboxylic acids is 2. The predicted molar refractivity (Wildman–Crippen MR) is 125 cm³/mol. The van der Waals surface area contributed by atoms with E-state index in [2.05, 4.69) is 10.3 Å². The number of allylic oxidation sites excluding steroid dienone is 1. The number of nitrogens with zero attached hydrogens (tertiary/aromatic N) is 1. The summed E-state index contributed by atoms with van der Waals surface area (Å²) < 4.78 is 16.2. The topological polar surface area (TPSA) is 112 Å². The van der Waals surface area contributed by atoms with Gasteiger partial charge in [0.05, 0.1) is 19.8 Å². The zero-order chi connectivity index (χ0) is 23.8. The van der Waals surface area contributed by atoms with Gasteiger partial charge in [0.1, 0.15) is 12.3 Å². The number of esters is 1. The molecule has 8 nitrogen and oxygen atoms in total. The zero-order valence-electron chi connectivity index (χ0n) is 19.1. The summed E-state index contributed by atoms with van der Waals surface area (Å²) in [4.78, 5) is 28.2. The van der Waals surface area contributed by atoms with Crippen LogP contribution < -0.4 is 20.5 Å². The Morgan fingerprint density at radius 3 is 2.48 bits per heavy atom. The highest BCUT2D eigenvalue weighted by Crippen LogP contribution is 2.34. The molecule has 0 atom stereocenters. The average Bonchev–Trinajstić information content (AvgIpc) is 3.69. The summed E-state index contributed by atoms with van der Waals surface area (Å²) in [7, 11) is 4.46. The van der Waals surface area contributed by atoms with E-state index in [1.54, 1.807) is 50.6 Å². The molecule has 0 unspecified atom stereocenters. The third-order valence-corrected chi connectivity index (χ3v) is 5.30. The van der Waals surface area contributed by atoms with E-state index >= 15 is 0 Å². The van der Waals surface area contributed by atoms with E-state index in [1.165, 1.54) is 7.11 Å². The molecule has 1 amide bonds. The van der Waals surface area contributed by atoms with Crippen LogP contribution in [0, 0.1) is 5.92 Å². The van der Waals surface area contributed by atoms with E-state index in [0.29, 0.717) is 34.4 Å². The highest BCUT2D eigenvalue weighted by Gasteiger charge is 2.25. The number of hydrogen-bond donors (Lipinski definition) is 2. The van der Waals surface area contributed by atoms with Crippen molar-refractivity contribution in [1.29, 1.82) is 0 Å². The highest BCUT2D eigenvalue weighted by atomic mass is 16.5. The molecule has 1 aliphatic rings. The Hall–Kier alpha value is -3.81. The number of para-hydroxylation sites is 1. The quantitative estimate of drug-likeness (QED) is 0.424. The molecule has 8 heteroatoms. The van der Waals surface area contributed by atoms with Crippen molar-refractivity contribution in [3.63, 3.8) is 0 Å². The molecule has 3 N–H and O–H groups in total. The molecule has 3 rings (SSSR count). The van der Waals surface area contributed by atoms with Gasteiger partial charge in [-0.05, 0) is 48.6 Å². The van der Waals surface area contributed by atoms with Crippen LogP contribution in [0.4, 0.5) is 0 Å². The van der Waals surface area contributed by atoms with Crippen molar-refractivity contribution >= 4 is 17.6 Å². The van der Waals surface area contributed by atoms with Crippen LogP contribution in [0.5, 0.6) is 11.5 Å². The van der Waals surface area contributed by atoms with Crippen molar-refractivity contribution in [1.82, 2.24) is 5.32 Å². The Morgan fingerprint density at radius 1 is 1.15 bits per heavy atom. The molecular weight excluding hydrogens is 422 g/mol. The standard InChI is InChI=1S/C25H29N3O5/c1-27-21(13-20(26)17-11-12-17)24(29)28-14-19-5-4-6-22(23(19)31-2)33-15-16-7-9-18(10-8-16)25(30)32-3/h4-10,13,17H,11-12,14-15,26H2,1-3H3,(H,28,29). The lowest BCUT2D eigenvalue weighted by Crippen LogP contribution is -2.30. The van der Waals surface area contributed by atoms with Crippen LogP contribution in [0.25, 0.3) is 0 Å². The Kier molecular flexibility index (Phi) is 8.07. The summed E-state index contributed by atoms with van der Waals surface area (Å²) in [5.74, 6) is 0.747. The largest absolute Gasteiger partial charge is 0.493 e. The minimum atomic E-state index is -0.388. The summed E-state index contributed by atoms with van der Waals surface area (Å²) in [6.07, 6.45) is 3.76. The molecule has 2 aromatic carbocycles. The number of methoxy groups -OCH3 is 2. The number of nitrogens with two attached hydrogens (primary N) is 1. The van der Waals surface area contributed by atoms with Crippen LogP contribution >= 0.6 is 0 Å². The van der Waals surface area contributed by atoms with E-state index in [4.69, 9.17) is 19.9 Å². The molecular formula is C25H29N3O5. The molecule has 1 saturated carbocycles. The van der Waals surface area contributed by atoms with Crippen LogP contribution in [-0.4, -0.2) is 38.9 Å². The fourth-order valence-electron chi connectivity index (χ4n) is 3.25. The summed E-state index contributed by atoms with van der Waals surface area (Å²) in [5.41, 5.74) is 9.12. The first-order valence-electron chi connectivity index (χ1n) is 10.6. The van der Waals surface area contributed by atoms with Crippen molar-refractivity contribution in [2.24, 2.45) is 16.6 Å². The number of aliphatic imine (C=N–C) groups is 1. The number of carbonyl (C=O) groups is 2. The van der Waals surface area contributed by atoms with E-state index in [1.807, 2.05) is 12.1 Å². The van der Waals surface area contributed by atoms with Gasteiger partial charge in [-0.2, -0.15) is 0 Å². The average molecular weight is 452 g/mol. The Balaban J connectivity index is 1.64. The predicted octanol–water partition coefficient (Wildman–Crippen LogP) is 3.00. The van der Waals surface area contributed by atoms with E-state index in [9.17, 15) is 9.59 Å².